The molecule has 1 rings (SSSR count). The zero-order valence-electron chi connectivity index (χ0n) is 9.58. The number of nitrogens with zero attached hydrogens (tertiary/aromatic N) is 2. The van der Waals surface area contributed by atoms with Crippen molar-refractivity contribution in [1.29, 1.82) is 0 Å². The molecule has 0 bridgehead atoms. The van der Waals surface area contributed by atoms with Crippen LogP contribution >= 0.6 is 0 Å². The molecule has 0 aromatic carbocycles. The summed E-state index contributed by atoms with van der Waals surface area (Å²) in [4.78, 5) is 4.77. The van der Waals surface area contributed by atoms with Crippen LogP contribution in [-0.4, -0.2) is 61.3 Å². The third-order valence-corrected chi connectivity index (χ3v) is 3.01. The molecule has 3 heteroatoms. The maximum Gasteiger partial charge on any atom is 0.0445 e. The van der Waals surface area contributed by atoms with Gasteiger partial charge in [-0.25, -0.2) is 0 Å². The SMILES string of the molecule is CN(C)CCCN1CCCC1CCO. The lowest BCUT2D eigenvalue weighted by atomic mass is 10.1. The lowest BCUT2D eigenvalue weighted by Gasteiger charge is -2.24. The molecule has 1 unspecified atom stereocenters. The number of hydrogen-bond acceptors (Lipinski definition) is 3. The van der Waals surface area contributed by atoms with E-state index in [0.717, 1.165) is 6.42 Å². The molecule has 14 heavy (non-hydrogen) atoms. The van der Waals surface area contributed by atoms with Crippen LogP contribution in [0.25, 0.3) is 0 Å². The lowest BCUT2D eigenvalue weighted by Crippen LogP contribution is -2.32. The van der Waals surface area contributed by atoms with Gasteiger partial charge in [0.1, 0.15) is 0 Å². The van der Waals surface area contributed by atoms with Crippen LogP contribution in [0.3, 0.4) is 0 Å². The minimum absolute atomic E-state index is 0.342. The predicted octanol–water partition coefficient (Wildman–Crippen LogP) is 0.785. The van der Waals surface area contributed by atoms with Crippen molar-refractivity contribution in [3.05, 3.63) is 0 Å². The number of aliphatic hydroxyl groups is 1. The molecule has 1 aliphatic heterocycles. The highest BCUT2D eigenvalue weighted by molar-refractivity contribution is 4.78. The van der Waals surface area contributed by atoms with Crippen molar-refractivity contribution in [2.75, 3.05) is 40.3 Å². The van der Waals surface area contributed by atoms with E-state index >= 15 is 0 Å². The maximum atomic E-state index is 8.92. The Bertz CT molecular complexity index is 150. The van der Waals surface area contributed by atoms with E-state index < -0.39 is 0 Å². The largest absolute Gasteiger partial charge is 0.396 e. The first-order chi connectivity index (χ1) is 6.74. The smallest absolute Gasteiger partial charge is 0.0445 e. The van der Waals surface area contributed by atoms with Gasteiger partial charge in [-0.1, -0.05) is 0 Å². The highest BCUT2D eigenvalue weighted by Gasteiger charge is 2.22. The van der Waals surface area contributed by atoms with E-state index in [9.17, 15) is 0 Å². The summed E-state index contributed by atoms with van der Waals surface area (Å²) >= 11 is 0. The van der Waals surface area contributed by atoms with Gasteiger partial charge in [0.25, 0.3) is 0 Å². The lowest BCUT2D eigenvalue weighted by molar-refractivity contribution is 0.189. The first-order valence-electron chi connectivity index (χ1n) is 5.73. The summed E-state index contributed by atoms with van der Waals surface area (Å²) < 4.78 is 0. The molecule has 1 saturated heterocycles. The quantitative estimate of drug-likeness (QED) is 0.686. The Kier molecular flexibility index (Phi) is 5.45. The second kappa shape index (κ2) is 6.38. The Morgan fingerprint density at radius 2 is 2.21 bits per heavy atom. The molecule has 0 radical (unpaired) electrons. The Balaban J connectivity index is 2.15. The standard InChI is InChI=1S/C11H24N2O/c1-12(2)7-4-9-13-8-3-5-11(13)6-10-14/h11,14H,3-10H2,1-2H3. The van der Waals surface area contributed by atoms with Gasteiger partial charge in [-0.15, -0.1) is 0 Å². The molecule has 1 N–H and O–H groups in total. The van der Waals surface area contributed by atoms with Crippen molar-refractivity contribution < 1.29 is 5.11 Å². The summed E-state index contributed by atoms with van der Waals surface area (Å²) in [6.45, 7) is 3.94. The monoisotopic (exact) mass is 200 g/mol. The van der Waals surface area contributed by atoms with Crippen molar-refractivity contribution in [2.24, 2.45) is 0 Å². The first kappa shape index (κ1) is 12.0. The van der Waals surface area contributed by atoms with Crippen molar-refractivity contribution in [1.82, 2.24) is 9.80 Å². The van der Waals surface area contributed by atoms with Crippen molar-refractivity contribution >= 4 is 0 Å². The summed E-state index contributed by atoms with van der Waals surface area (Å²) in [5, 5.41) is 8.92. The Morgan fingerprint density at radius 3 is 2.86 bits per heavy atom. The predicted molar refractivity (Wildman–Crippen MR) is 59.5 cm³/mol. The summed E-state index contributed by atoms with van der Waals surface area (Å²) in [7, 11) is 4.24. The van der Waals surface area contributed by atoms with Crippen LogP contribution in [0, 0.1) is 0 Å². The molecule has 1 fully saturated rings. The van der Waals surface area contributed by atoms with Crippen LogP contribution in [0.15, 0.2) is 0 Å². The molecule has 0 aromatic heterocycles. The summed E-state index contributed by atoms with van der Waals surface area (Å²) in [5.41, 5.74) is 0. The fourth-order valence-corrected chi connectivity index (χ4v) is 2.26. The molecule has 1 atom stereocenters. The molecular weight excluding hydrogens is 176 g/mol. The van der Waals surface area contributed by atoms with E-state index in [1.807, 2.05) is 0 Å². The Morgan fingerprint density at radius 1 is 1.43 bits per heavy atom. The van der Waals surface area contributed by atoms with Crippen molar-refractivity contribution in [3.8, 4) is 0 Å². The summed E-state index contributed by atoms with van der Waals surface area (Å²) in [5.74, 6) is 0. The van der Waals surface area contributed by atoms with Crippen molar-refractivity contribution in [3.63, 3.8) is 0 Å². The fourth-order valence-electron chi connectivity index (χ4n) is 2.26. The minimum atomic E-state index is 0.342. The average Bonchev–Trinajstić information content (AvgIpc) is 2.53. The third kappa shape index (κ3) is 3.95. The summed E-state index contributed by atoms with van der Waals surface area (Å²) in [6, 6.07) is 0.655. The third-order valence-electron chi connectivity index (χ3n) is 3.01. The number of likely N-dealkylation sites (tertiary alicyclic amines) is 1. The molecule has 0 aromatic rings. The van der Waals surface area contributed by atoms with E-state index in [0.29, 0.717) is 12.6 Å². The second-order valence-corrected chi connectivity index (χ2v) is 4.50. The van der Waals surface area contributed by atoms with Gasteiger partial charge >= 0.3 is 0 Å². The molecule has 3 nitrogen and oxygen atoms in total. The Labute approximate surface area is 87.7 Å². The van der Waals surface area contributed by atoms with Crippen molar-refractivity contribution in [2.45, 2.75) is 31.7 Å². The number of aliphatic hydroxyl groups excluding tert-OH is 1. The van der Waals surface area contributed by atoms with E-state index in [1.165, 1.54) is 38.9 Å². The first-order valence-corrected chi connectivity index (χ1v) is 5.73. The molecular formula is C11H24N2O. The highest BCUT2D eigenvalue weighted by atomic mass is 16.3. The minimum Gasteiger partial charge on any atom is -0.396 e. The van der Waals surface area contributed by atoms with Crippen LogP contribution in [0.4, 0.5) is 0 Å². The molecule has 0 aliphatic carbocycles. The molecule has 0 spiro atoms. The number of rotatable bonds is 6. The van der Waals surface area contributed by atoms with Gasteiger partial charge in [-0.2, -0.15) is 0 Å². The zero-order valence-corrected chi connectivity index (χ0v) is 9.58. The van der Waals surface area contributed by atoms with Gasteiger partial charge in [-0.05, 0) is 59.4 Å². The van der Waals surface area contributed by atoms with E-state index in [2.05, 4.69) is 23.9 Å². The fraction of sp³-hybridized carbons (Fsp3) is 1.00. The van der Waals surface area contributed by atoms with Crippen LogP contribution < -0.4 is 0 Å². The van der Waals surface area contributed by atoms with Gasteiger partial charge in [-0.3, -0.25) is 0 Å². The van der Waals surface area contributed by atoms with Gasteiger partial charge in [0.05, 0.1) is 0 Å². The zero-order chi connectivity index (χ0) is 10.4. The molecule has 84 valence electrons. The molecule has 0 amide bonds. The normalized spacial score (nSPS) is 23.6. The average molecular weight is 200 g/mol. The molecule has 1 heterocycles. The molecule has 1 aliphatic rings. The van der Waals surface area contributed by atoms with E-state index in [1.54, 1.807) is 0 Å². The molecule has 0 saturated carbocycles. The topological polar surface area (TPSA) is 26.7 Å². The van der Waals surface area contributed by atoms with Gasteiger partial charge < -0.3 is 14.9 Å². The summed E-state index contributed by atoms with van der Waals surface area (Å²) in [6.07, 6.45) is 4.80. The van der Waals surface area contributed by atoms with Crippen LogP contribution in [0.1, 0.15) is 25.7 Å². The van der Waals surface area contributed by atoms with Crippen LogP contribution in [0.2, 0.25) is 0 Å². The maximum absolute atomic E-state index is 8.92. The van der Waals surface area contributed by atoms with Gasteiger partial charge in [0.2, 0.25) is 0 Å². The van der Waals surface area contributed by atoms with Crippen LogP contribution in [-0.2, 0) is 0 Å². The second-order valence-electron chi connectivity index (χ2n) is 4.50. The van der Waals surface area contributed by atoms with Gasteiger partial charge in [0.15, 0.2) is 0 Å². The van der Waals surface area contributed by atoms with E-state index in [-0.39, 0.29) is 0 Å². The van der Waals surface area contributed by atoms with Gasteiger partial charge in [0, 0.05) is 12.6 Å². The number of hydrogen-bond donors (Lipinski definition) is 1. The van der Waals surface area contributed by atoms with Crippen LogP contribution in [0.5, 0.6) is 0 Å². The highest BCUT2D eigenvalue weighted by Crippen LogP contribution is 2.19. The van der Waals surface area contributed by atoms with E-state index in [4.69, 9.17) is 5.11 Å². The Hall–Kier alpha value is -0.120.